The Morgan fingerprint density at radius 3 is 2.68 bits per heavy atom. The summed E-state index contributed by atoms with van der Waals surface area (Å²) in [5.74, 6) is 1.64. The van der Waals surface area contributed by atoms with Crippen LogP contribution in [0.2, 0.25) is 0 Å². The standard InChI is InChI=1S/C16H25NO2/c1-4-19-14-8-12(9-14)10-15(17)13-5-6-16(18-3)11(2)7-13/h5-7,12,14-15H,4,8-10,17H2,1-3H3. The van der Waals surface area contributed by atoms with Gasteiger partial charge in [0, 0.05) is 12.6 Å². The molecule has 1 saturated carbocycles. The number of hydrogen-bond acceptors (Lipinski definition) is 3. The SMILES string of the molecule is CCOC1CC(CC(N)c2ccc(OC)c(C)c2)C1. The Hall–Kier alpha value is -1.06. The Balaban J connectivity index is 1.87. The summed E-state index contributed by atoms with van der Waals surface area (Å²) in [6, 6.07) is 6.35. The molecule has 1 aromatic carbocycles. The third kappa shape index (κ3) is 3.48. The minimum atomic E-state index is 0.122. The summed E-state index contributed by atoms with van der Waals surface area (Å²) >= 11 is 0. The highest BCUT2D eigenvalue weighted by molar-refractivity contribution is 5.37. The molecule has 0 aliphatic heterocycles. The quantitative estimate of drug-likeness (QED) is 0.857. The third-order valence-corrected chi connectivity index (χ3v) is 4.03. The third-order valence-electron chi connectivity index (χ3n) is 4.03. The fourth-order valence-electron chi connectivity index (χ4n) is 2.87. The fourth-order valence-corrected chi connectivity index (χ4v) is 2.87. The highest BCUT2D eigenvalue weighted by Gasteiger charge is 2.30. The van der Waals surface area contributed by atoms with Crippen LogP contribution in [0.4, 0.5) is 0 Å². The first kappa shape index (κ1) is 14.4. The van der Waals surface area contributed by atoms with Gasteiger partial charge in [0.1, 0.15) is 5.75 Å². The maximum absolute atomic E-state index is 6.30. The van der Waals surface area contributed by atoms with Gasteiger partial charge in [-0.3, -0.25) is 0 Å². The topological polar surface area (TPSA) is 44.5 Å². The normalized spacial score (nSPS) is 23.8. The fraction of sp³-hybridized carbons (Fsp3) is 0.625. The maximum Gasteiger partial charge on any atom is 0.121 e. The van der Waals surface area contributed by atoms with Crippen LogP contribution in [0.25, 0.3) is 0 Å². The van der Waals surface area contributed by atoms with Gasteiger partial charge in [-0.25, -0.2) is 0 Å². The van der Waals surface area contributed by atoms with E-state index < -0.39 is 0 Å². The molecule has 3 nitrogen and oxygen atoms in total. The summed E-state index contributed by atoms with van der Waals surface area (Å²) < 4.78 is 10.9. The molecule has 0 bridgehead atoms. The van der Waals surface area contributed by atoms with Gasteiger partial charge in [-0.1, -0.05) is 12.1 Å². The number of methoxy groups -OCH3 is 1. The molecule has 2 rings (SSSR count). The van der Waals surface area contributed by atoms with Gasteiger partial charge >= 0.3 is 0 Å². The van der Waals surface area contributed by atoms with Gasteiger partial charge in [0.25, 0.3) is 0 Å². The molecule has 0 radical (unpaired) electrons. The molecule has 19 heavy (non-hydrogen) atoms. The van der Waals surface area contributed by atoms with Crippen LogP contribution in [0, 0.1) is 12.8 Å². The predicted molar refractivity (Wildman–Crippen MR) is 77.4 cm³/mol. The van der Waals surface area contributed by atoms with Crippen molar-refractivity contribution in [3.63, 3.8) is 0 Å². The number of nitrogens with two attached hydrogens (primary N) is 1. The number of rotatable bonds is 6. The molecule has 0 aromatic heterocycles. The van der Waals surface area contributed by atoms with Gasteiger partial charge in [0.2, 0.25) is 0 Å². The van der Waals surface area contributed by atoms with E-state index in [1.165, 1.54) is 5.56 Å². The molecule has 1 atom stereocenters. The van der Waals surface area contributed by atoms with Crippen molar-refractivity contribution in [3.8, 4) is 5.75 Å². The zero-order valence-corrected chi connectivity index (χ0v) is 12.2. The van der Waals surface area contributed by atoms with E-state index in [2.05, 4.69) is 26.0 Å². The average Bonchev–Trinajstić information content (AvgIpc) is 2.36. The van der Waals surface area contributed by atoms with Crippen molar-refractivity contribution < 1.29 is 9.47 Å². The molecule has 1 unspecified atom stereocenters. The lowest BCUT2D eigenvalue weighted by Crippen LogP contribution is -2.33. The van der Waals surface area contributed by atoms with E-state index >= 15 is 0 Å². The van der Waals surface area contributed by atoms with Crippen LogP contribution < -0.4 is 10.5 Å². The molecule has 2 N–H and O–H groups in total. The second kappa shape index (κ2) is 6.40. The van der Waals surface area contributed by atoms with Crippen molar-refractivity contribution in [1.82, 2.24) is 0 Å². The van der Waals surface area contributed by atoms with Crippen molar-refractivity contribution in [3.05, 3.63) is 29.3 Å². The van der Waals surface area contributed by atoms with Crippen LogP contribution >= 0.6 is 0 Å². The second-order valence-corrected chi connectivity index (χ2v) is 5.49. The molecule has 106 valence electrons. The Bertz CT molecular complexity index is 413. The first-order valence-electron chi connectivity index (χ1n) is 7.15. The molecule has 1 fully saturated rings. The van der Waals surface area contributed by atoms with Crippen molar-refractivity contribution in [1.29, 1.82) is 0 Å². The van der Waals surface area contributed by atoms with Crippen molar-refractivity contribution >= 4 is 0 Å². The van der Waals surface area contributed by atoms with Gasteiger partial charge < -0.3 is 15.2 Å². The summed E-state index contributed by atoms with van der Waals surface area (Å²) in [6.45, 7) is 4.93. The molecule has 1 aliphatic carbocycles. The Kier molecular flexibility index (Phi) is 4.83. The second-order valence-electron chi connectivity index (χ2n) is 5.49. The van der Waals surface area contributed by atoms with E-state index in [1.807, 2.05) is 6.07 Å². The summed E-state index contributed by atoms with van der Waals surface area (Å²) in [5, 5.41) is 0. The smallest absolute Gasteiger partial charge is 0.121 e. The lowest BCUT2D eigenvalue weighted by Gasteiger charge is -2.36. The number of aryl methyl sites for hydroxylation is 1. The van der Waals surface area contributed by atoms with Crippen LogP contribution in [-0.4, -0.2) is 19.8 Å². The van der Waals surface area contributed by atoms with Gasteiger partial charge in [-0.15, -0.1) is 0 Å². The molecule has 0 spiro atoms. The molecule has 0 amide bonds. The summed E-state index contributed by atoms with van der Waals surface area (Å²) in [5.41, 5.74) is 8.66. The predicted octanol–water partition coefficient (Wildman–Crippen LogP) is 3.21. The van der Waals surface area contributed by atoms with E-state index in [9.17, 15) is 0 Å². The number of benzene rings is 1. The molecular formula is C16H25NO2. The summed E-state index contributed by atoms with van der Waals surface area (Å²) in [4.78, 5) is 0. The van der Waals surface area contributed by atoms with Crippen molar-refractivity contribution in [2.75, 3.05) is 13.7 Å². The first-order chi connectivity index (χ1) is 9.13. The molecule has 0 saturated heterocycles. The van der Waals surface area contributed by atoms with Crippen LogP contribution in [0.3, 0.4) is 0 Å². The van der Waals surface area contributed by atoms with Crippen LogP contribution in [0.5, 0.6) is 5.75 Å². The molecule has 1 aromatic rings. The van der Waals surface area contributed by atoms with E-state index in [1.54, 1.807) is 7.11 Å². The summed E-state index contributed by atoms with van der Waals surface area (Å²) in [6.07, 6.45) is 3.85. The number of hydrogen-bond donors (Lipinski definition) is 1. The average molecular weight is 263 g/mol. The number of ether oxygens (including phenoxy) is 2. The Morgan fingerprint density at radius 2 is 2.11 bits per heavy atom. The highest BCUT2D eigenvalue weighted by atomic mass is 16.5. The molecule has 0 heterocycles. The van der Waals surface area contributed by atoms with Crippen molar-refractivity contribution in [2.24, 2.45) is 11.7 Å². The monoisotopic (exact) mass is 263 g/mol. The van der Waals surface area contributed by atoms with Crippen LogP contribution in [-0.2, 0) is 4.74 Å². The lowest BCUT2D eigenvalue weighted by atomic mass is 9.77. The van der Waals surface area contributed by atoms with Crippen LogP contribution in [0.15, 0.2) is 18.2 Å². The Labute approximate surface area is 116 Å². The van der Waals surface area contributed by atoms with Crippen molar-refractivity contribution in [2.45, 2.75) is 45.3 Å². The van der Waals surface area contributed by atoms with E-state index in [4.69, 9.17) is 15.2 Å². The molecular weight excluding hydrogens is 238 g/mol. The van der Waals surface area contributed by atoms with Gasteiger partial charge in [-0.05, 0) is 56.2 Å². The maximum atomic E-state index is 6.30. The zero-order chi connectivity index (χ0) is 13.8. The minimum absolute atomic E-state index is 0.122. The molecule has 1 aliphatic rings. The largest absolute Gasteiger partial charge is 0.496 e. The minimum Gasteiger partial charge on any atom is -0.496 e. The van der Waals surface area contributed by atoms with Gasteiger partial charge in [0.05, 0.1) is 13.2 Å². The van der Waals surface area contributed by atoms with E-state index in [0.29, 0.717) is 12.0 Å². The van der Waals surface area contributed by atoms with Gasteiger partial charge in [0.15, 0.2) is 0 Å². The Morgan fingerprint density at radius 1 is 1.37 bits per heavy atom. The van der Waals surface area contributed by atoms with E-state index in [0.717, 1.165) is 37.2 Å². The highest BCUT2D eigenvalue weighted by Crippen LogP contribution is 2.36. The summed E-state index contributed by atoms with van der Waals surface area (Å²) in [7, 11) is 1.70. The van der Waals surface area contributed by atoms with Crippen LogP contribution in [0.1, 0.15) is 43.4 Å². The zero-order valence-electron chi connectivity index (χ0n) is 12.2. The van der Waals surface area contributed by atoms with E-state index in [-0.39, 0.29) is 6.04 Å². The first-order valence-corrected chi connectivity index (χ1v) is 7.15. The molecule has 3 heteroatoms. The van der Waals surface area contributed by atoms with Gasteiger partial charge in [-0.2, -0.15) is 0 Å². The lowest BCUT2D eigenvalue weighted by molar-refractivity contribution is -0.0282.